The van der Waals surface area contributed by atoms with Crippen LogP contribution in [-0.4, -0.2) is 39.7 Å². The summed E-state index contributed by atoms with van der Waals surface area (Å²) in [4.78, 5) is 4.15. The molecule has 0 bridgehead atoms. The van der Waals surface area contributed by atoms with Crippen molar-refractivity contribution in [1.29, 1.82) is 0 Å². The van der Waals surface area contributed by atoms with E-state index < -0.39 is 12.2 Å². The summed E-state index contributed by atoms with van der Waals surface area (Å²) in [6.07, 6.45) is 7.66. The lowest BCUT2D eigenvalue weighted by atomic mass is 9.71. The average molecular weight is 535 g/mol. The zero-order valence-corrected chi connectivity index (χ0v) is 23.0. The van der Waals surface area contributed by atoms with Gasteiger partial charge < -0.3 is 34.9 Å². The molecule has 2 fully saturated rings. The highest BCUT2D eigenvalue weighted by Crippen LogP contribution is 2.50. The Kier molecular flexibility index (Phi) is 8.10. The van der Waals surface area contributed by atoms with Gasteiger partial charge in [-0.05, 0) is 79.2 Å². The molecule has 7 nitrogen and oxygen atoms in total. The van der Waals surface area contributed by atoms with E-state index in [4.69, 9.17) is 9.47 Å². The first-order valence-electron chi connectivity index (χ1n) is 14.1. The summed E-state index contributed by atoms with van der Waals surface area (Å²) in [5.74, 6) is 0.876. The number of hydrogen-bond donors (Lipinski definition) is 4. The van der Waals surface area contributed by atoms with Gasteiger partial charge in [0.15, 0.2) is 11.5 Å². The summed E-state index contributed by atoms with van der Waals surface area (Å²) in [7, 11) is 1.47. The van der Waals surface area contributed by atoms with Crippen LogP contribution < -0.4 is 9.72 Å². The van der Waals surface area contributed by atoms with E-state index >= 15 is 0 Å². The molecular weight excluding hydrogens is 494 g/mol. The molecule has 0 amide bonds. The lowest BCUT2D eigenvalue weighted by molar-refractivity contribution is -0.154. The second kappa shape index (κ2) is 11.5. The van der Waals surface area contributed by atoms with E-state index in [1.807, 2.05) is 18.2 Å². The Hall–Kier alpha value is -3.16. The maximum Gasteiger partial charge on any atom is 0.200 e. The monoisotopic (exact) mass is 534 g/mol. The molecule has 210 valence electrons. The molecule has 1 saturated carbocycles. The summed E-state index contributed by atoms with van der Waals surface area (Å²) >= 11 is 0. The quantitative estimate of drug-likeness (QED) is 0.273. The fraction of sp³-hybridized carbons (Fsp3) is 0.500. The van der Waals surface area contributed by atoms with Gasteiger partial charge in [0, 0.05) is 17.9 Å². The van der Waals surface area contributed by atoms with Crippen LogP contribution in [0.5, 0.6) is 23.0 Å². The van der Waals surface area contributed by atoms with Crippen molar-refractivity contribution in [3.8, 4) is 23.0 Å². The Bertz CT molecular complexity index is 1270. The van der Waals surface area contributed by atoms with Crippen LogP contribution in [0.2, 0.25) is 0 Å². The zero-order valence-electron chi connectivity index (χ0n) is 23.0. The Morgan fingerprint density at radius 3 is 2.59 bits per heavy atom. The number of nitrogens with zero attached hydrogens (tertiary/aromatic N) is 1. The fourth-order valence-corrected chi connectivity index (χ4v) is 6.43. The number of aromatic hydroxyl groups is 3. The molecule has 3 aromatic rings. The van der Waals surface area contributed by atoms with Gasteiger partial charge >= 0.3 is 0 Å². The number of fused-ring (bicyclic) bond motifs is 1. The first-order valence-corrected chi connectivity index (χ1v) is 14.1. The van der Waals surface area contributed by atoms with Crippen molar-refractivity contribution in [1.82, 2.24) is 4.98 Å². The van der Waals surface area contributed by atoms with Crippen LogP contribution >= 0.6 is 0 Å². The largest absolute Gasteiger partial charge is 0.670 e. The Morgan fingerprint density at radius 2 is 1.87 bits per heavy atom. The lowest BCUT2D eigenvalue weighted by Crippen LogP contribution is -2.44. The first kappa shape index (κ1) is 27.4. The smallest absolute Gasteiger partial charge is 0.200 e. The molecule has 1 aliphatic carbocycles. The maximum absolute atomic E-state index is 11.2. The van der Waals surface area contributed by atoms with Crippen molar-refractivity contribution in [3.63, 3.8) is 0 Å². The lowest BCUT2D eigenvalue weighted by Gasteiger charge is -2.45. The van der Waals surface area contributed by atoms with Crippen LogP contribution in [0.4, 0.5) is 0 Å². The van der Waals surface area contributed by atoms with Gasteiger partial charge in [-0.3, -0.25) is 0 Å². The average Bonchev–Trinajstić information content (AvgIpc) is 3.43. The Balaban J connectivity index is 1.41. The SMILES string of the molecule is COc1c(O)c(O)cc(C2CC(O)C3CCC(c4ccc(O)c(CCC(C)C)c4)CC3O2)c1Cc1cc[n-]c1. The molecule has 0 spiro atoms. The number of aliphatic hydroxyl groups excluding tert-OH is 1. The predicted molar refractivity (Wildman–Crippen MR) is 148 cm³/mol. The predicted octanol–water partition coefficient (Wildman–Crippen LogP) is 5.72. The van der Waals surface area contributed by atoms with E-state index in [-0.39, 0.29) is 35.2 Å². The van der Waals surface area contributed by atoms with Crippen molar-refractivity contribution in [2.24, 2.45) is 11.8 Å². The van der Waals surface area contributed by atoms with Crippen molar-refractivity contribution in [2.75, 3.05) is 7.11 Å². The zero-order chi connectivity index (χ0) is 27.7. The van der Waals surface area contributed by atoms with Crippen molar-refractivity contribution >= 4 is 0 Å². The number of methoxy groups -OCH3 is 1. The van der Waals surface area contributed by atoms with Crippen LogP contribution in [0.25, 0.3) is 0 Å². The van der Waals surface area contributed by atoms with Crippen molar-refractivity contribution in [2.45, 2.75) is 83.0 Å². The number of hydrogen-bond acceptors (Lipinski definition) is 6. The van der Waals surface area contributed by atoms with Gasteiger partial charge in [-0.2, -0.15) is 12.4 Å². The molecule has 4 N–H and O–H groups in total. The normalized spacial score (nSPS) is 25.0. The van der Waals surface area contributed by atoms with E-state index in [1.165, 1.54) is 12.7 Å². The third-order valence-electron chi connectivity index (χ3n) is 8.62. The van der Waals surface area contributed by atoms with Gasteiger partial charge in [0.1, 0.15) is 5.75 Å². The van der Waals surface area contributed by atoms with Gasteiger partial charge in [-0.1, -0.05) is 37.6 Å². The first-order chi connectivity index (χ1) is 18.7. The van der Waals surface area contributed by atoms with Crippen molar-refractivity contribution < 1.29 is 29.9 Å². The standard InChI is InChI=1S/C32H40NO6/c1-18(2)4-5-22-13-20(7-9-26(22)34)21-6-8-23-27(35)16-30(39-29(23)14-21)24-15-28(36)31(37)32(38-3)25(24)12-19-10-11-33-17-19/h7,9-11,13,15,17-18,21,23,27,29-30,34-37H,4-6,8,12,14,16H2,1-3H3/q-1. The molecule has 5 unspecified atom stereocenters. The second-order valence-electron chi connectivity index (χ2n) is 11.7. The summed E-state index contributed by atoms with van der Waals surface area (Å²) in [6, 6.07) is 9.42. The summed E-state index contributed by atoms with van der Waals surface area (Å²) in [5, 5.41) is 42.7. The van der Waals surface area contributed by atoms with Gasteiger partial charge in [-0.15, -0.1) is 0 Å². The number of aliphatic hydroxyl groups is 1. The molecule has 7 heteroatoms. The molecule has 2 aromatic carbocycles. The molecule has 5 atom stereocenters. The number of ether oxygens (including phenoxy) is 2. The van der Waals surface area contributed by atoms with Gasteiger partial charge in [-0.25, -0.2) is 0 Å². The highest BCUT2D eigenvalue weighted by atomic mass is 16.5. The maximum atomic E-state index is 11.2. The third-order valence-corrected chi connectivity index (χ3v) is 8.62. The number of aromatic nitrogens is 1. The minimum atomic E-state index is -0.536. The summed E-state index contributed by atoms with van der Waals surface area (Å²) < 4.78 is 12.2. The number of phenolic OH excluding ortho intramolecular Hbond substituents is 3. The Morgan fingerprint density at radius 1 is 1.05 bits per heavy atom. The third kappa shape index (κ3) is 5.75. The topological polar surface area (TPSA) is 113 Å². The van der Waals surface area contributed by atoms with E-state index in [0.29, 0.717) is 30.1 Å². The van der Waals surface area contributed by atoms with Crippen molar-refractivity contribution in [3.05, 3.63) is 70.5 Å². The Labute approximate surface area is 230 Å². The number of aryl methyl sites for hydroxylation is 1. The number of benzene rings is 2. The van der Waals surface area contributed by atoms with E-state index in [2.05, 4.69) is 24.9 Å². The number of rotatable bonds is 8. The molecule has 2 heterocycles. The minimum absolute atomic E-state index is 0.0466. The number of phenols is 3. The van der Waals surface area contributed by atoms with Crippen LogP contribution in [-0.2, 0) is 17.6 Å². The van der Waals surface area contributed by atoms with Crippen LogP contribution in [0, 0.1) is 11.8 Å². The molecule has 5 rings (SSSR count). The summed E-state index contributed by atoms with van der Waals surface area (Å²) in [5.41, 5.74) is 4.58. The molecule has 0 radical (unpaired) electrons. The van der Waals surface area contributed by atoms with E-state index in [9.17, 15) is 20.4 Å². The molecular formula is C32H40NO6-. The van der Waals surface area contributed by atoms with Crippen LogP contribution in [0.3, 0.4) is 0 Å². The van der Waals surface area contributed by atoms with E-state index in [0.717, 1.165) is 48.8 Å². The van der Waals surface area contributed by atoms with Gasteiger partial charge in [0.05, 0.1) is 25.4 Å². The molecule has 2 aliphatic rings. The second-order valence-corrected chi connectivity index (χ2v) is 11.7. The van der Waals surface area contributed by atoms with E-state index in [1.54, 1.807) is 18.5 Å². The fourth-order valence-electron chi connectivity index (χ4n) is 6.43. The molecule has 1 aliphatic heterocycles. The highest BCUT2D eigenvalue weighted by Gasteiger charge is 2.43. The molecule has 1 saturated heterocycles. The molecule has 39 heavy (non-hydrogen) atoms. The summed E-state index contributed by atoms with van der Waals surface area (Å²) in [6.45, 7) is 4.38. The molecule has 1 aromatic heterocycles. The van der Waals surface area contributed by atoms with Crippen LogP contribution in [0.1, 0.15) is 85.8 Å². The van der Waals surface area contributed by atoms with Gasteiger partial charge in [0.25, 0.3) is 0 Å². The van der Waals surface area contributed by atoms with Crippen LogP contribution in [0.15, 0.2) is 42.7 Å². The highest BCUT2D eigenvalue weighted by molar-refractivity contribution is 5.59. The minimum Gasteiger partial charge on any atom is -0.670 e. The van der Waals surface area contributed by atoms with Gasteiger partial charge in [0.2, 0.25) is 5.75 Å².